The highest BCUT2D eigenvalue weighted by molar-refractivity contribution is 5.50. The molecule has 0 saturated carbocycles. The monoisotopic (exact) mass is 327 g/mol. The highest BCUT2D eigenvalue weighted by Gasteiger charge is 2.26. The standard InChI is InChI=1S/C16H18FN7/c1-19-14-6-15(23-10-22-14)24-4-2-3-12(24)9-21-16-13(17)5-11(7-18)8-20-16/h5-6,8,10,12H,2-4,9H2,1H3,(H,20,21)(H,19,22,23). The molecule has 0 radical (unpaired) electrons. The number of nitriles is 1. The van der Waals surface area contributed by atoms with Gasteiger partial charge in [0.25, 0.3) is 0 Å². The first kappa shape index (κ1) is 15.9. The molecule has 0 aromatic carbocycles. The Morgan fingerprint density at radius 1 is 1.38 bits per heavy atom. The summed E-state index contributed by atoms with van der Waals surface area (Å²) in [6, 6.07) is 5.16. The molecule has 1 aliphatic rings. The zero-order valence-corrected chi connectivity index (χ0v) is 13.3. The van der Waals surface area contributed by atoms with Crippen molar-refractivity contribution < 1.29 is 4.39 Å². The van der Waals surface area contributed by atoms with Gasteiger partial charge in [-0.05, 0) is 18.9 Å². The summed E-state index contributed by atoms with van der Waals surface area (Å²) in [6.45, 7) is 1.45. The van der Waals surface area contributed by atoms with Crippen molar-refractivity contribution in [1.29, 1.82) is 5.26 Å². The van der Waals surface area contributed by atoms with Crippen LogP contribution in [0.25, 0.3) is 0 Å². The van der Waals surface area contributed by atoms with Crippen molar-refractivity contribution in [2.75, 3.05) is 35.7 Å². The van der Waals surface area contributed by atoms with Crippen LogP contribution in [0, 0.1) is 17.1 Å². The quantitative estimate of drug-likeness (QED) is 0.868. The van der Waals surface area contributed by atoms with Gasteiger partial charge in [-0.2, -0.15) is 5.26 Å². The van der Waals surface area contributed by atoms with E-state index in [0.717, 1.165) is 31.0 Å². The minimum absolute atomic E-state index is 0.166. The van der Waals surface area contributed by atoms with Gasteiger partial charge in [0.15, 0.2) is 11.6 Å². The zero-order valence-electron chi connectivity index (χ0n) is 13.3. The fourth-order valence-electron chi connectivity index (χ4n) is 2.83. The van der Waals surface area contributed by atoms with Crippen molar-refractivity contribution in [3.63, 3.8) is 0 Å². The van der Waals surface area contributed by atoms with Crippen molar-refractivity contribution in [2.45, 2.75) is 18.9 Å². The van der Waals surface area contributed by atoms with E-state index in [1.807, 2.05) is 19.2 Å². The normalized spacial score (nSPS) is 16.7. The first-order valence-electron chi connectivity index (χ1n) is 7.77. The van der Waals surface area contributed by atoms with E-state index in [0.29, 0.717) is 6.54 Å². The van der Waals surface area contributed by atoms with Crippen LogP contribution in [0.2, 0.25) is 0 Å². The molecule has 2 aromatic rings. The summed E-state index contributed by atoms with van der Waals surface area (Å²) in [4.78, 5) is 14.6. The van der Waals surface area contributed by atoms with E-state index in [-0.39, 0.29) is 17.4 Å². The van der Waals surface area contributed by atoms with E-state index in [1.165, 1.54) is 18.6 Å². The maximum Gasteiger partial charge on any atom is 0.166 e. The average Bonchev–Trinajstić information content (AvgIpc) is 3.09. The number of hydrogen-bond donors (Lipinski definition) is 2. The third-order valence-corrected chi connectivity index (χ3v) is 4.06. The minimum atomic E-state index is -0.516. The van der Waals surface area contributed by atoms with E-state index in [1.54, 1.807) is 0 Å². The number of nitrogens with zero attached hydrogens (tertiary/aromatic N) is 5. The molecule has 2 aromatic heterocycles. The molecule has 1 fully saturated rings. The lowest BCUT2D eigenvalue weighted by Crippen LogP contribution is -2.35. The Balaban J connectivity index is 1.69. The van der Waals surface area contributed by atoms with Gasteiger partial charge < -0.3 is 15.5 Å². The molecule has 24 heavy (non-hydrogen) atoms. The van der Waals surface area contributed by atoms with Gasteiger partial charge in [-0.3, -0.25) is 0 Å². The molecule has 1 aliphatic heterocycles. The summed E-state index contributed by atoms with van der Waals surface area (Å²) >= 11 is 0. The topological polar surface area (TPSA) is 89.8 Å². The molecule has 1 atom stereocenters. The second-order valence-corrected chi connectivity index (χ2v) is 5.55. The molecule has 1 unspecified atom stereocenters. The predicted molar refractivity (Wildman–Crippen MR) is 89.3 cm³/mol. The molecule has 0 aliphatic carbocycles. The van der Waals surface area contributed by atoms with Crippen LogP contribution >= 0.6 is 0 Å². The van der Waals surface area contributed by atoms with Crippen molar-refractivity contribution in [2.24, 2.45) is 0 Å². The van der Waals surface area contributed by atoms with Gasteiger partial charge in [-0.25, -0.2) is 19.3 Å². The average molecular weight is 327 g/mol. The van der Waals surface area contributed by atoms with E-state index < -0.39 is 5.82 Å². The lowest BCUT2D eigenvalue weighted by atomic mass is 10.2. The lowest BCUT2D eigenvalue weighted by molar-refractivity contribution is 0.618. The summed E-state index contributed by atoms with van der Waals surface area (Å²) in [7, 11) is 1.81. The van der Waals surface area contributed by atoms with Crippen molar-refractivity contribution >= 4 is 17.5 Å². The molecule has 124 valence electrons. The zero-order chi connectivity index (χ0) is 16.9. The highest BCUT2D eigenvalue weighted by Crippen LogP contribution is 2.25. The largest absolute Gasteiger partial charge is 0.373 e. The summed E-state index contributed by atoms with van der Waals surface area (Å²) in [5, 5.41) is 14.8. The Morgan fingerprint density at radius 3 is 3.00 bits per heavy atom. The number of aromatic nitrogens is 3. The minimum Gasteiger partial charge on any atom is -0.373 e. The van der Waals surface area contributed by atoms with E-state index in [2.05, 4.69) is 30.5 Å². The molecular weight excluding hydrogens is 309 g/mol. The first-order valence-corrected chi connectivity index (χ1v) is 7.77. The third kappa shape index (κ3) is 3.35. The second-order valence-electron chi connectivity index (χ2n) is 5.55. The molecule has 0 spiro atoms. The molecule has 2 N–H and O–H groups in total. The van der Waals surface area contributed by atoms with Crippen molar-refractivity contribution in [1.82, 2.24) is 15.0 Å². The Hall–Kier alpha value is -2.95. The van der Waals surface area contributed by atoms with Crippen LogP contribution in [0.15, 0.2) is 24.7 Å². The smallest absolute Gasteiger partial charge is 0.166 e. The van der Waals surface area contributed by atoms with Gasteiger partial charge in [0.1, 0.15) is 24.0 Å². The number of anilines is 3. The molecule has 0 amide bonds. The summed E-state index contributed by atoms with van der Waals surface area (Å²) in [5.41, 5.74) is 0.209. The first-order chi connectivity index (χ1) is 11.7. The lowest BCUT2D eigenvalue weighted by Gasteiger charge is -2.26. The van der Waals surface area contributed by atoms with Crippen LogP contribution in [0.1, 0.15) is 18.4 Å². The number of hydrogen-bond acceptors (Lipinski definition) is 7. The summed E-state index contributed by atoms with van der Waals surface area (Å²) in [6.07, 6.45) is 4.94. The van der Waals surface area contributed by atoms with Crippen LogP contribution in [-0.4, -0.2) is 41.1 Å². The molecule has 0 bridgehead atoms. The number of pyridine rings is 1. The predicted octanol–water partition coefficient (Wildman–Crippen LogP) is 2.00. The van der Waals surface area contributed by atoms with Gasteiger partial charge >= 0.3 is 0 Å². The Kier molecular flexibility index (Phi) is 4.70. The van der Waals surface area contributed by atoms with Gasteiger partial charge in [0.05, 0.1) is 5.56 Å². The summed E-state index contributed by atoms with van der Waals surface area (Å²) in [5.74, 6) is 1.27. The maximum atomic E-state index is 13.9. The summed E-state index contributed by atoms with van der Waals surface area (Å²) < 4.78 is 13.9. The number of rotatable bonds is 5. The third-order valence-electron chi connectivity index (χ3n) is 4.06. The van der Waals surface area contributed by atoms with Gasteiger partial charge in [-0.15, -0.1) is 0 Å². The van der Waals surface area contributed by atoms with Gasteiger partial charge in [0, 0.05) is 38.4 Å². The second kappa shape index (κ2) is 7.08. The van der Waals surface area contributed by atoms with Crippen molar-refractivity contribution in [3.05, 3.63) is 36.0 Å². The molecule has 1 saturated heterocycles. The Labute approximate surface area is 139 Å². The highest BCUT2D eigenvalue weighted by atomic mass is 19.1. The fourth-order valence-corrected chi connectivity index (χ4v) is 2.83. The van der Waals surface area contributed by atoms with E-state index in [4.69, 9.17) is 5.26 Å². The van der Waals surface area contributed by atoms with Gasteiger partial charge in [-0.1, -0.05) is 0 Å². The SMILES string of the molecule is CNc1cc(N2CCCC2CNc2ncc(C#N)cc2F)ncn1. The van der Waals surface area contributed by atoms with E-state index in [9.17, 15) is 4.39 Å². The van der Waals surface area contributed by atoms with Crippen LogP contribution in [0.3, 0.4) is 0 Å². The Morgan fingerprint density at radius 2 is 2.25 bits per heavy atom. The molecule has 7 nitrogen and oxygen atoms in total. The molecule has 3 rings (SSSR count). The Bertz CT molecular complexity index is 758. The maximum absolute atomic E-state index is 13.9. The van der Waals surface area contributed by atoms with Crippen LogP contribution in [0.4, 0.5) is 21.8 Å². The van der Waals surface area contributed by atoms with Gasteiger partial charge in [0.2, 0.25) is 0 Å². The molecule has 3 heterocycles. The molecular formula is C16H18FN7. The fraction of sp³-hybridized carbons (Fsp3) is 0.375. The van der Waals surface area contributed by atoms with Crippen LogP contribution in [-0.2, 0) is 0 Å². The van der Waals surface area contributed by atoms with E-state index >= 15 is 0 Å². The number of halogens is 1. The van der Waals surface area contributed by atoms with Crippen LogP contribution < -0.4 is 15.5 Å². The molecule has 8 heteroatoms. The van der Waals surface area contributed by atoms with Crippen LogP contribution in [0.5, 0.6) is 0 Å². The number of nitrogens with one attached hydrogen (secondary N) is 2. The van der Waals surface area contributed by atoms with Crippen molar-refractivity contribution in [3.8, 4) is 6.07 Å².